The molecular weight excluding hydrogens is 170 g/mol. The summed E-state index contributed by atoms with van der Waals surface area (Å²) in [5.74, 6) is 0. The van der Waals surface area contributed by atoms with Crippen molar-refractivity contribution in [3.63, 3.8) is 0 Å². The SMILES string of the molecule is c1ccc2c(c1)CCn1cccc1C2. The zero-order valence-electron chi connectivity index (χ0n) is 8.11. The molecule has 1 aliphatic heterocycles. The third-order valence-electron chi connectivity index (χ3n) is 3.04. The molecule has 0 amide bonds. The van der Waals surface area contributed by atoms with Crippen molar-refractivity contribution in [2.24, 2.45) is 0 Å². The summed E-state index contributed by atoms with van der Waals surface area (Å²) in [4.78, 5) is 0. The third-order valence-corrected chi connectivity index (χ3v) is 3.04. The fourth-order valence-corrected chi connectivity index (χ4v) is 2.24. The van der Waals surface area contributed by atoms with Crippen LogP contribution in [-0.4, -0.2) is 4.57 Å². The summed E-state index contributed by atoms with van der Waals surface area (Å²) < 4.78 is 2.36. The second-order valence-electron chi connectivity index (χ2n) is 3.89. The van der Waals surface area contributed by atoms with E-state index < -0.39 is 0 Å². The first-order valence-electron chi connectivity index (χ1n) is 5.14. The molecule has 1 aromatic carbocycles. The van der Waals surface area contributed by atoms with Crippen LogP contribution in [0.3, 0.4) is 0 Å². The molecule has 0 unspecified atom stereocenters. The van der Waals surface area contributed by atoms with Crippen molar-refractivity contribution in [3.05, 3.63) is 59.4 Å². The van der Waals surface area contributed by atoms with Crippen molar-refractivity contribution in [2.75, 3.05) is 0 Å². The largest absolute Gasteiger partial charge is 0.351 e. The van der Waals surface area contributed by atoms with Crippen LogP contribution >= 0.6 is 0 Å². The normalized spacial score (nSPS) is 14.3. The summed E-state index contributed by atoms with van der Waals surface area (Å²) >= 11 is 0. The van der Waals surface area contributed by atoms with Crippen molar-refractivity contribution < 1.29 is 0 Å². The number of aromatic nitrogens is 1. The van der Waals surface area contributed by atoms with Gasteiger partial charge in [-0.3, -0.25) is 0 Å². The molecule has 0 N–H and O–H groups in total. The summed E-state index contributed by atoms with van der Waals surface area (Å²) in [6.45, 7) is 1.12. The predicted molar refractivity (Wildman–Crippen MR) is 57.4 cm³/mol. The van der Waals surface area contributed by atoms with Gasteiger partial charge >= 0.3 is 0 Å². The molecule has 0 fully saturated rings. The molecule has 3 rings (SSSR count). The molecule has 70 valence electrons. The number of benzene rings is 1. The summed E-state index contributed by atoms with van der Waals surface area (Å²) in [6.07, 6.45) is 4.43. The average molecular weight is 183 g/mol. The number of fused-ring (bicyclic) bond motifs is 2. The Morgan fingerprint density at radius 1 is 0.929 bits per heavy atom. The first kappa shape index (κ1) is 7.86. The zero-order valence-corrected chi connectivity index (χ0v) is 8.11. The number of hydrogen-bond acceptors (Lipinski definition) is 0. The number of nitrogens with zero attached hydrogens (tertiary/aromatic N) is 1. The van der Waals surface area contributed by atoms with Gasteiger partial charge in [0, 0.05) is 24.9 Å². The van der Waals surface area contributed by atoms with Gasteiger partial charge in [0.25, 0.3) is 0 Å². The van der Waals surface area contributed by atoms with Gasteiger partial charge in [0.15, 0.2) is 0 Å². The van der Waals surface area contributed by atoms with Gasteiger partial charge in [0.05, 0.1) is 0 Å². The highest BCUT2D eigenvalue weighted by atomic mass is 15.0. The first-order chi connectivity index (χ1) is 6.93. The Hall–Kier alpha value is -1.50. The van der Waals surface area contributed by atoms with E-state index in [4.69, 9.17) is 0 Å². The van der Waals surface area contributed by atoms with E-state index in [1.807, 2.05) is 0 Å². The maximum Gasteiger partial charge on any atom is 0.0262 e. The Balaban J connectivity index is 2.10. The summed E-state index contributed by atoms with van der Waals surface area (Å²) in [5, 5.41) is 0. The molecule has 0 bridgehead atoms. The molecule has 1 aliphatic rings. The van der Waals surface area contributed by atoms with Crippen molar-refractivity contribution in [1.82, 2.24) is 4.57 Å². The minimum Gasteiger partial charge on any atom is -0.351 e. The van der Waals surface area contributed by atoms with E-state index in [0.29, 0.717) is 0 Å². The van der Waals surface area contributed by atoms with E-state index in [-0.39, 0.29) is 0 Å². The van der Waals surface area contributed by atoms with E-state index in [9.17, 15) is 0 Å². The van der Waals surface area contributed by atoms with Crippen LogP contribution in [0, 0.1) is 0 Å². The maximum absolute atomic E-state index is 2.36. The van der Waals surface area contributed by atoms with Gasteiger partial charge in [-0.2, -0.15) is 0 Å². The van der Waals surface area contributed by atoms with Crippen LogP contribution in [0.1, 0.15) is 16.8 Å². The van der Waals surface area contributed by atoms with Gasteiger partial charge in [-0.1, -0.05) is 24.3 Å². The molecule has 0 aliphatic carbocycles. The van der Waals surface area contributed by atoms with E-state index in [1.165, 1.54) is 16.8 Å². The quantitative estimate of drug-likeness (QED) is 0.591. The Morgan fingerprint density at radius 2 is 1.79 bits per heavy atom. The molecule has 0 atom stereocenters. The second-order valence-corrected chi connectivity index (χ2v) is 3.89. The Labute approximate surface area is 84.0 Å². The Morgan fingerprint density at radius 3 is 2.71 bits per heavy atom. The van der Waals surface area contributed by atoms with E-state index in [0.717, 1.165) is 19.4 Å². The number of hydrogen-bond donors (Lipinski definition) is 0. The van der Waals surface area contributed by atoms with Crippen molar-refractivity contribution in [2.45, 2.75) is 19.4 Å². The number of rotatable bonds is 0. The van der Waals surface area contributed by atoms with Gasteiger partial charge in [0.1, 0.15) is 0 Å². The van der Waals surface area contributed by atoms with Crippen molar-refractivity contribution >= 4 is 0 Å². The molecule has 1 aromatic heterocycles. The molecule has 0 saturated heterocycles. The fourth-order valence-electron chi connectivity index (χ4n) is 2.24. The van der Waals surface area contributed by atoms with Gasteiger partial charge in [-0.25, -0.2) is 0 Å². The monoisotopic (exact) mass is 183 g/mol. The zero-order chi connectivity index (χ0) is 9.38. The average Bonchev–Trinajstić information content (AvgIpc) is 2.58. The predicted octanol–water partition coefficient (Wildman–Crippen LogP) is 2.64. The van der Waals surface area contributed by atoms with Crippen LogP contribution in [0.15, 0.2) is 42.6 Å². The van der Waals surface area contributed by atoms with E-state index in [2.05, 4.69) is 47.2 Å². The van der Waals surface area contributed by atoms with E-state index in [1.54, 1.807) is 0 Å². The number of aryl methyl sites for hydroxylation is 2. The van der Waals surface area contributed by atoms with Gasteiger partial charge < -0.3 is 4.57 Å². The Bertz CT molecular complexity index is 454. The summed E-state index contributed by atoms with van der Waals surface area (Å²) in [5.41, 5.74) is 4.44. The lowest BCUT2D eigenvalue weighted by Crippen LogP contribution is -1.99. The second kappa shape index (κ2) is 3.02. The van der Waals surface area contributed by atoms with Gasteiger partial charge in [0.2, 0.25) is 0 Å². The first-order valence-corrected chi connectivity index (χ1v) is 5.14. The van der Waals surface area contributed by atoms with Crippen LogP contribution in [0.25, 0.3) is 0 Å². The smallest absolute Gasteiger partial charge is 0.0262 e. The minimum absolute atomic E-state index is 1.09. The molecule has 0 saturated carbocycles. The highest BCUT2D eigenvalue weighted by molar-refractivity contribution is 5.33. The lowest BCUT2D eigenvalue weighted by molar-refractivity contribution is 0.690. The highest BCUT2D eigenvalue weighted by Gasteiger charge is 2.10. The van der Waals surface area contributed by atoms with Crippen LogP contribution in [0.5, 0.6) is 0 Å². The molecule has 1 nitrogen and oxygen atoms in total. The van der Waals surface area contributed by atoms with Crippen LogP contribution in [-0.2, 0) is 19.4 Å². The van der Waals surface area contributed by atoms with Crippen LogP contribution in [0.4, 0.5) is 0 Å². The summed E-state index contributed by atoms with van der Waals surface area (Å²) in [6, 6.07) is 13.1. The minimum atomic E-state index is 1.09. The van der Waals surface area contributed by atoms with Crippen LogP contribution < -0.4 is 0 Å². The molecule has 1 heteroatoms. The maximum atomic E-state index is 2.36. The third kappa shape index (κ3) is 1.17. The molecule has 0 radical (unpaired) electrons. The van der Waals surface area contributed by atoms with Crippen molar-refractivity contribution in [1.29, 1.82) is 0 Å². The van der Waals surface area contributed by atoms with E-state index >= 15 is 0 Å². The van der Waals surface area contributed by atoms with Crippen LogP contribution in [0.2, 0.25) is 0 Å². The summed E-state index contributed by atoms with van der Waals surface area (Å²) in [7, 11) is 0. The fraction of sp³-hybridized carbons (Fsp3) is 0.231. The van der Waals surface area contributed by atoms with Gasteiger partial charge in [-0.05, 0) is 29.7 Å². The molecular formula is C13H13N. The molecule has 2 heterocycles. The Kier molecular flexibility index (Phi) is 1.69. The highest BCUT2D eigenvalue weighted by Crippen LogP contribution is 2.20. The van der Waals surface area contributed by atoms with Gasteiger partial charge in [-0.15, -0.1) is 0 Å². The standard InChI is InChI=1S/C13H13N/c1-2-5-12-10-13-6-3-8-14(13)9-7-11(12)4-1/h1-6,8H,7,9-10H2. The van der Waals surface area contributed by atoms with Crippen molar-refractivity contribution in [3.8, 4) is 0 Å². The topological polar surface area (TPSA) is 4.93 Å². The lowest BCUT2D eigenvalue weighted by atomic mass is 10.0. The molecule has 0 spiro atoms. The molecule has 14 heavy (non-hydrogen) atoms. The molecule has 2 aromatic rings. The lowest BCUT2D eigenvalue weighted by Gasteiger charge is -2.02.